The summed E-state index contributed by atoms with van der Waals surface area (Å²) in [5.74, 6) is 0. The van der Waals surface area contributed by atoms with E-state index in [4.69, 9.17) is 4.42 Å². The van der Waals surface area contributed by atoms with Gasteiger partial charge in [-0.1, -0.05) is 0 Å². The Kier molecular flexibility index (Phi) is 6.31. The van der Waals surface area contributed by atoms with Gasteiger partial charge in [-0.05, 0) is 0 Å². The van der Waals surface area contributed by atoms with Crippen molar-refractivity contribution in [3.63, 3.8) is 0 Å². The van der Waals surface area contributed by atoms with Crippen molar-refractivity contribution in [1.29, 1.82) is 0 Å². The Morgan fingerprint density at radius 2 is 1.25 bits per heavy atom. The Morgan fingerprint density at radius 3 is 2.17 bits per heavy atom. The van der Waals surface area contributed by atoms with Gasteiger partial charge < -0.3 is 0 Å². The summed E-state index contributed by atoms with van der Waals surface area (Å²) in [6.07, 6.45) is 0. The monoisotopic (exact) mass is 700 g/mol. The number of rotatable bonds is 4. The van der Waals surface area contributed by atoms with Gasteiger partial charge in [0.1, 0.15) is 0 Å². The first-order valence-corrected chi connectivity index (χ1v) is 22.4. The van der Waals surface area contributed by atoms with E-state index in [0.717, 1.165) is 16.9 Å². The maximum atomic E-state index is 6.64. The van der Waals surface area contributed by atoms with E-state index in [-0.39, 0.29) is 0 Å². The quantitative estimate of drug-likeness (QED) is 0.170. The Labute approximate surface area is 306 Å². The minimum absolute atomic E-state index is 0.951. The molecular formula is C48H34NOSSi-. The van der Waals surface area contributed by atoms with Gasteiger partial charge in [0.25, 0.3) is 0 Å². The number of para-hydroxylation sites is 1. The van der Waals surface area contributed by atoms with Crippen LogP contribution in [-0.4, -0.2) is 8.07 Å². The molecule has 2 aromatic heterocycles. The van der Waals surface area contributed by atoms with E-state index in [0.29, 0.717) is 0 Å². The molecule has 0 bridgehead atoms. The van der Waals surface area contributed by atoms with Crippen molar-refractivity contribution in [2.45, 2.75) is 13.1 Å². The molecule has 0 N–H and O–H groups in total. The summed E-state index contributed by atoms with van der Waals surface area (Å²) in [7, 11) is -2.46. The van der Waals surface area contributed by atoms with Crippen LogP contribution in [0.3, 0.4) is 0 Å². The van der Waals surface area contributed by atoms with E-state index >= 15 is 0 Å². The van der Waals surface area contributed by atoms with E-state index in [1.807, 2.05) is 11.3 Å². The molecule has 0 unspecified atom stereocenters. The second-order valence-electron chi connectivity index (χ2n) is 14.8. The summed E-state index contributed by atoms with van der Waals surface area (Å²) in [6, 6.07) is 60.3. The van der Waals surface area contributed by atoms with Gasteiger partial charge in [-0.2, -0.15) is 0 Å². The molecule has 10 aromatic rings. The van der Waals surface area contributed by atoms with Crippen molar-refractivity contribution in [2.24, 2.45) is 0 Å². The number of benzene rings is 8. The molecule has 2 nitrogen and oxygen atoms in total. The zero-order valence-electron chi connectivity index (χ0n) is 28.9. The van der Waals surface area contributed by atoms with Crippen LogP contribution in [0.25, 0.3) is 75.1 Å². The predicted octanol–water partition coefficient (Wildman–Crippen LogP) is 12.8. The van der Waals surface area contributed by atoms with Gasteiger partial charge in [-0.25, -0.2) is 0 Å². The van der Waals surface area contributed by atoms with Gasteiger partial charge in [0, 0.05) is 0 Å². The van der Waals surface area contributed by atoms with E-state index in [1.165, 1.54) is 85.7 Å². The van der Waals surface area contributed by atoms with Crippen LogP contribution in [0, 0.1) is 0 Å². The number of fused-ring (bicyclic) bond motifs is 11. The van der Waals surface area contributed by atoms with Crippen LogP contribution in [0.4, 0.5) is 17.1 Å². The van der Waals surface area contributed by atoms with Crippen LogP contribution in [0.5, 0.6) is 0 Å². The van der Waals surface area contributed by atoms with Gasteiger partial charge >= 0.3 is 308 Å². The molecule has 52 heavy (non-hydrogen) atoms. The van der Waals surface area contributed by atoms with Crippen molar-refractivity contribution in [3.05, 3.63) is 164 Å². The third-order valence-electron chi connectivity index (χ3n) is 11.5. The second kappa shape index (κ2) is 11.0. The summed E-state index contributed by atoms with van der Waals surface area (Å²) < 4.78 is 9.25. The number of hydrogen-bond donors (Lipinski definition) is 0. The number of thiophene rings is 1. The molecule has 0 spiro atoms. The van der Waals surface area contributed by atoms with Crippen molar-refractivity contribution >= 4 is 99.7 Å². The summed E-state index contributed by atoms with van der Waals surface area (Å²) in [5.41, 5.74) is 10.6. The van der Waals surface area contributed by atoms with E-state index in [9.17, 15) is 0 Å². The third-order valence-corrected chi connectivity index (χ3v) is 16.8. The van der Waals surface area contributed by atoms with Crippen LogP contribution < -0.4 is 15.3 Å². The van der Waals surface area contributed by atoms with Crippen molar-refractivity contribution in [2.75, 3.05) is 4.90 Å². The number of hydrogen-bond acceptors (Lipinski definition) is 3. The second-order valence-corrected chi connectivity index (χ2v) is 20.9. The molecule has 0 amide bonds. The normalized spacial score (nSPS) is 14.0. The van der Waals surface area contributed by atoms with Crippen LogP contribution >= 0.6 is 11.3 Å². The Balaban J connectivity index is 1.15. The predicted molar refractivity (Wildman–Crippen MR) is 228 cm³/mol. The minimum atomic E-state index is -2.46. The number of furan rings is 1. The zero-order valence-corrected chi connectivity index (χ0v) is 30.9. The van der Waals surface area contributed by atoms with Crippen molar-refractivity contribution < 1.29 is 4.42 Å². The SMILES string of the molecule is C[SiH-]1(C)c2cc(N(c3cccc(-c4cccc5ccccc45)c3)c3cccc4c3sc3ccccc34)ccc2-c2c1ccc1c2oc2ccccc21. The molecule has 0 radical (unpaired) electrons. The first-order valence-electron chi connectivity index (χ1n) is 18.2. The molecule has 1 aliphatic rings. The van der Waals surface area contributed by atoms with Gasteiger partial charge in [-0.15, -0.1) is 0 Å². The maximum absolute atomic E-state index is 6.64. The van der Waals surface area contributed by atoms with Crippen LogP contribution in [0.15, 0.2) is 168 Å². The van der Waals surface area contributed by atoms with Crippen molar-refractivity contribution in [1.82, 2.24) is 0 Å². The van der Waals surface area contributed by atoms with E-state index < -0.39 is 8.07 Å². The van der Waals surface area contributed by atoms with Gasteiger partial charge in [-0.3, -0.25) is 0 Å². The van der Waals surface area contributed by atoms with Crippen LogP contribution in [0.1, 0.15) is 0 Å². The first-order chi connectivity index (χ1) is 25.5. The average Bonchev–Trinajstić information content (AvgIpc) is 3.83. The molecule has 4 heteroatoms. The summed E-state index contributed by atoms with van der Waals surface area (Å²) in [6.45, 7) is 5.04. The molecule has 0 saturated carbocycles. The molecule has 11 rings (SSSR count). The first kappa shape index (κ1) is 29.8. The zero-order chi connectivity index (χ0) is 34.6. The molecule has 1 aliphatic heterocycles. The topological polar surface area (TPSA) is 16.4 Å². The third kappa shape index (κ3) is 4.22. The Hall–Kier alpha value is -5.94. The molecule has 0 atom stereocenters. The van der Waals surface area contributed by atoms with Gasteiger partial charge in [0.15, 0.2) is 0 Å². The molecule has 8 aromatic carbocycles. The Morgan fingerprint density at radius 1 is 0.519 bits per heavy atom. The number of anilines is 3. The Bertz CT molecular complexity index is 3070. The summed E-state index contributed by atoms with van der Waals surface area (Å²) >= 11 is 1.88. The molecule has 3 heterocycles. The average molecular weight is 701 g/mol. The summed E-state index contributed by atoms with van der Waals surface area (Å²) in [5, 5.41) is 10.5. The fourth-order valence-electron chi connectivity index (χ4n) is 8.99. The van der Waals surface area contributed by atoms with Gasteiger partial charge in [0.2, 0.25) is 0 Å². The summed E-state index contributed by atoms with van der Waals surface area (Å²) in [4.78, 5) is 2.50. The molecule has 0 fully saturated rings. The van der Waals surface area contributed by atoms with Crippen LogP contribution in [0.2, 0.25) is 13.1 Å². The van der Waals surface area contributed by atoms with E-state index in [2.05, 4.69) is 182 Å². The molecule has 248 valence electrons. The molecular weight excluding hydrogens is 667 g/mol. The van der Waals surface area contributed by atoms with Crippen LogP contribution in [-0.2, 0) is 0 Å². The van der Waals surface area contributed by atoms with E-state index in [1.54, 1.807) is 0 Å². The standard InChI is InChI=1S/C48H34NOSSi/c1-52(2)44-27-26-38-36-17-5-7-22-42(36)50-47(38)46(44)40-25-24-33(29-45(40)52)49(41-21-11-20-39-37-18-6-8-23-43(37)51-48(39)41)32-15-9-14-31(28-32)35-19-10-13-30-12-3-4-16-34(30)35/h3-29,52H,1-2H3/q-1. The van der Waals surface area contributed by atoms with Gasteiger partial charge in [0.05, 0.1) is 0 Å². The molecule has 0 aliphatic carbocycles. The fraction of sp³-hybridized carbons (Fsp3) is 0.0417. The fourth-order valence-corrected chi connectivity index (χ4v) is 13.7. The molecule has 0 saturated heterocycles. The number of nitrogens with zero attached hydrogens (tertiary/aromatic N) is 1. The van der Waals surface area contributed by atoms with Crippen molar-refractivity contribution in [3.8, 4) is 22.3 Å².